The number of hydroxylamine groups is 1. The van der Waals surface area contributed by atoms with Crippen molar-refractivity contribution >= 4 is 0 Å². The van der Waals surface area contributed by atoms with Gasteiger partial charge in [0.2, 0.25) is 0 Å². The SMILES string of the molecule is C=C(C)CNOCCC. The molecule has 2 heteroatoms. The minimum absolute atomic E-state index is 0.750. The first-order valence-corrected chi connectivity index (χ1v) is 3.26. The lowest BCUT2D eigenvalue weighted by Crippen LogP contribution is -2.16. The molecule has 54 valence electrons. The van der Waals surface area contributed by atoms with Crippen LogP contribution in [0.2, 0.25) is 0 Å². The molecule has 0 aromatic carbocycles. The zero-order valence-electron chi connectivity index (χ0n) is 6.24. The molecule has 0 aromatic heterocycles. The second-order valence-electron chi connectivity index (χ2n) is 2.13. The third-order valence-electron chi connectivity index (χ3n) is 0.782. The van der Waals surface area contributed by atoms with Crippen LogP contribution in [0.4, 0.5) is 0 Å². The summed E-state index contributed by atoms with van der Waals surface area (Å²) in [6.07, 6.45) is 1.04. The van der Waals surface area contributed by atoms with Crippen molar-refractivity contribution in [3.63, 3.8) is 0 Å². The summed E-state index contributed by atoms with van der Waals surface area (Å²) in [5.41, 5.74) is 3.88. The maximum absolute atomic E-state index is 4.98. The Labute approximate surface area is 56.9 Å². The largest absolute Gasteiger partial charge is 0.302 e. The van der Waals surface area contributed by atoms with Crippen LogP contribution in [0.15, 0.2) is 12.2 Å². The molecule has 1 N–H and O–H groups in total. The lowest BCUT2D eigenvalue weighted by atomic mass is 10.4. The highest BCUT2D eigenvalue weighted by molar-refractivity contribution is 4.88. The average Bonchev–Trinajstić information content (AvgIpc) is 1.80. The fourth-order valence-electron chi connectivity index (χ4n) is 0.348. The summed E-state index contributed by atoms with van der Waals surface area (Å²) in [5.74, 6) is 0. The van der Waals surface area contributed by atoms with Crippen molar-refractivity contribution in [3.8, 4) is 0 Å². The third kappa shape index (κ3) is 7.66. The van der Waals surface area contributed by atoms with E-state index in [0.717, 1.165) is 25.1 Å². The van der Waals surface area contributed by atoms with Crippen molar-refractivity contribution in [1.29, 1.82) is 0 Å². The van der Waals surface area contributed by atoms with Crippen molar-refractivity contribution in [2.24, 2.45) is 0 Å². The van der Waals surface area contributed by atoms with E-state index in [0.29, 0.717) is 0 Å². The average molecular weight is 129 g/mol. The van der Waals surface area contributed by atoms with Crippen LogP contribution in [0.1, 0.15) is 20.3 Å². The molecule has 2 nitrogen and oxygen atoms in total. The Morgan fingerprint density at radius 3 is 2.78 bits per heavy atom. The molecule has 0 aliphatic carbocycles. The van der Waals surface area contributed by atoms with Crippen LogP contribution in [0.3, 0.4) is 0 Å². The zero-order chi connectivity index (χ0) is 7.11. The summed E-state index contributed by atoms with van der Waals surface area (Å²) in [5, 5.41) is 0. The topological polar surface area (TPSA) is 21.3 Å². The van der Waals surface area contributed by atoms with E-state index in [4.69, 9.17) is 4.84 Å². The van der Waals surface area contributed by atoms with Gasteiger partial charge in [-0.15, -0.1) is 0 Å². The van der Waals surface area contributed by atoms with Gasteiger partial charge in [0, 0.05) is 6.54 Å². The Kier molecular flexibility index (Phi) is 5.57. The van der Waals surface area contributed by atoms with E-state index in [9.17, 15) is 0 Å². The molecule has 0 bridgehead atoms. The molecule has 0 heterocycles. The van der Waals surface area contributed by atoms with E-state index in [1.54, 1.807) is 0 Å². The standard InChI is InChI=1S/C7H15NO/c1-4-5-9-8-6-7(2)3/h8H,2,4-6H2,1,3H3. The molecule has 0 rings (SSSR count). The molecule has 9 heavy (non-hydrogen) atoms. The minimum atomic E-state index is 0.750. The monoisotopic (exact) mass is 129 g/mol. The van der Waals surface area contributed by atoms with Crippen LogP contribution in [0, 0.1) is 0 Å². The Bertz CT molecular complexity index is 81.0. The van der Waals surface area contributed by atoms with Crippen molar-refractivity contribution in [3.05, 3.63) is 12.2 Å². The van der Waals surface area contributed by atoms with E-state index in [2.05, 4.69) is 19.0 Å². The van der Waals surface area contributed by atoms with Crippen LogP contribution in [0.5, 0.6) is 0 Å². The summed E-state index contributed by atoms with van der Waals surface area (Å²) in [7, 11) is 0. The van der Waals surface area contributed by atoms with Gasteiger partial charge < -0.3 is 4.84 Å². The molecular weight excluding hydrogens is 114 g/mol. The fraction of sp³-hybridized carbons (Fsp3) is 0.714. The summed E-state index contributed by atoms with van der Waals surface area (Å²) >= 11 is 0. The molecule has 0 aliphatic heterocycles. The predicted molar refractivity (Wildman–Crippen MR) is 39.1 cm³/mol. The molecule has 0 saturated heterocycles. The maximum atomic E-state index is 4.98. The normalized spacial score (nSPS) is 9.56. The highest BCUT2D eigenvalue weighted by atomic mass is 16.6. The summed E-state index contributed by atoms with van der Waals surface area (Å²) in [4.78, 5) is 4.98. The minimum Gasteiger partial charge on any atom is -0.302 e. The van der Waals surface area contributed by atoms with Crippen LogP contribution in [-0.4, -0.2) is 13.2 Å². The van der Waals surface area contributed by atoms with E-state index in [1.807, 2.05) is 6.92 Å². The second-order valence-corrected chi connectivity index (χ2v) is 2.13. The van der Waals surface area contributed by atoms with Gasteiger partial charge in [-0.1, -0.05) is 19.1 Å². The molecule has 0 fully saturated rings. The van der Waals surface area contributed by atoms with Crippen LogP contribution >= 0.6 is 0 Å². The highest BCUT2D eigenvalue weighted by Crippen LogP contribution is 1.81. The van der Waals surface area contributed by atoms with E-state index in [-0.39, 0.29) is 0 Å². The Morgan fingerprint density at radius 2 is 2.33 bits per heavy atom. The summed E-state index contributed by atoms with van der Waals surface area (Å²) in [6.45, 7) is 9.26. The maximum Gasteiger partial charge on any atom is 0.0679 e. The van der Waals surface area contributed by atoms with Gasteiger partial charge in [0.05, 0.1) is 6.61 Å². The molecule has 0 unspecified atom stereocenters. The molecule has 0 radical (unpaired) electrons. The molecule has 0 atom stereocenters. The van der Waals surface area contributed by atoms with Crippen molar-refractivity contribution in [1.82, 2.24) is 5.48 Å². The van der Waals surface area contributed by atoms with Gasteiger partial charge in [-0.3, -0.25) is 0 Å². The second kappa shape index (κ2) is 5.79. The first-order valence-electron chi connectivity index (χ1n) is 3.26. The van der Waals surface area contributed by atoms with Crippen LogP contribution in [-0.2, 0) is 4.84 Å². The molecule has 0 spiro atoms. The quantitative estimate of drug-likeness (QED) is 0.345. The predicted octanol–water partition coefficient (Wildman–Crippen LogP) is 1.49. The zero-order valence-corrected chi connectivity index (χ0v) is 6.24. The molecular formula is C7H15NO. The van der Waals surface area contributed by atoms with E-state index < -0.39 is 0 Å². The lowest BCUT2D eigenvalue weighted by molar-refractivity contribution is 0.0476. The Balaban J connectivity index is 2.83. The van der Waals surface area contributed by atoms with E-state index in [1.165, 1.54) is 0 Å². The number of nitrogens with one attached hydrogen (secondary N) is 1. The molecule has 0 saturated carbocycles. The molecule has 0 aliphatic rings. The van der Waals surface area contributed by atoms with Gasteiger partial charge in [-0.2, -0.15) is 5.48 Å². The lowest BCUT2D eigenvalue weighted by Gasteiger charge is -2.02. The van der Waals surface area contributed by atoms with Gasteiger partial charge >= 0.3 is 0 Å². The van der Waals surface area contributed by atoms with Crippen molar-refractivity contribution < 1.29 is 4.84 Å². The summed E-state index contributed by atoms with van der Waals surface area (Å²) < 4.78 is 0. The van der Waals surface area contributed by atoms with Crippen LogP contribution < -0.4 is 5.48 Å². The smallest absolute Gasteiger partial charge is 0.0679 e. The van der Waals surface area contributed by atoms with Crippen molar-refractivity contribution in [2.45, 2.75) is 20.3 Å². The first-order chi connectivity index (χ1) is 4.27. The molecule has 0 amide bonds. The number of rotatable bonds is 5. The number of hydrogen-bond acceptors (Lipinski definition) is 2. The van der Waals surface area contributed by atoms with E-state index >= 15 is 0 Å². The van der Waals surface area contributed by atoms with Gasteiger partial charge in [-0.05, 0) is 13.3 Å². The first kappa shape index (κ1) is 8.66. The van der Waals surface area contributed by atoms with Crippen molar-refractivity contribution in [2.75, 3.05) is 13.2 Å². The van der Waals surface area contributed by atoms with Gasteiger partial charge in [0.1, 0.15) is 0 Å². The molecule has 0 aromatic rings. The highest BCUT2D eigenvalue weighted by Gasteiger charge is 1.83. The Hall–Kier alpha value is -0.340. The third-order valence-corrected chi connectivity index (χ3v) is 0.782. The fourth-order valence-corrected chi connectivity index (χ4v) is 0.348. The van der Waals surface area contributed by atoms with Gasteiger partial charge in [0.15, 0.2) is 0 Å². The summed E-state index contributed by atoms with van der Waals surface area (Å²) in [6, 6.07) is 0. The Morgan fingerprint density at radius 1 is 1.67 bits per heavy atom. The van der Waals surface area contributed by atoms with Gasteiger partial charge in [0.25, 0.3) is 0 Å². The van der Waals surface area contributed by atoms with Gasteiger partial charge in [-0.25, -0.2) is 0 Å². The van der Waals surface area contributed by atoms with Crippen LogP contribution in [0.25, 0.3) is 0 Å². The number of hydrogen-bond donors (Lipinski definition) is 1.